The van der Waals surface area contributed by atoms with Crippen molar-refractivity contribution in [3.63, 3.8) is 0 Å². The van der Waals surface area contributed by atoms with Crippen LogP contribution in [-0.4, -0.2) is 40.9 Å². The highest BCUT2D eigenvalue weighted by Crippen LogP contribution is 2.17. The van der Waals surface area contributed by atoms with Crippen molar-refractivity contribution in [1.29, 1.82) is 0 Å². The Hall–Kier alpha value is -2.97. The largest absolute Gasteiger partial charge is 0.480 e. The number of carboxylic acids is 1. The maximum atomic E-state index is 11.6. The lowest BCUT2D eigenvalue weighted by Gasteiger charge is -2.06. The van der Waals surface area contributed by atoms with E-state index in [1.165, 1.54) is 18.2 Å². The molecule has 0 radical (unpaired) electrons. The Labute approximate surface area is 119 Å². The number of carboxylic acid groups (broad SMARTS) is 1. The molecule has 9 heteroatoms. The van der Waals surface area contributed by atoms with Crippen LogP contribution in [0.2, 0.25) is 0 Å². The van der Waals surface area contributed by atoms with Gasteiger partial charge >= 0.3 is 5.97 Å². The predicted molar refractivity (Wildman–Crippen MR) is 70.5 cm³/mol. The Morgan fingerprint density at radius 2 is 1.71 bits per heavy atom. The molecular weight excluding hydrogens is 282 g/mol. The minimum atomic E-state index is -1.20. The predicted octanol–water partition coefficient (Wildman–Crippen LogP) is -0.546. The summed E-state index contributed by atoms with van der Waals surface area (Å²) in [7, 11) is 0. The Kier molecular flexibility index (Phi) is 5.80. The Balaban J connectivity index is 2.49. The third-order valence-corrected chi connectivity index (χ3v) is 2.42. The van der Waals surface area contributed by atoms with Crippen LogP contribution in [0.25, 0.3) is 0 Å². The van der Waals surface area contributed by atoms with E-state index in [1.54, 1.807) is 6.07 Å². The van der Waals surface area contributed by atoms with Gasteiger partial charge in [0.05, 0.1) is 17.9 Å². The number of carbonyl (C=O) groups excluding carboxylic acids is 2. The molecule has 0 fully saturated rings. The topological polar surface area (TPSA) is 139 Å². The van der Waals surface area contributed by atoms with Gasteiger partial charge in [-0.1, -0.05) is 18.2 Å². The second-order valence-electron chi connectivity index (χ2n) is 4.01. The molecule has 2 amide bonds. The summed E-state index contributed by atoms with van der Waals surface area (Å²) < 4.78 is 0. The van der Waals surface area contributed by atoms with Gasteiger partial charge in [-0.3, -0.25) is 24.5 Å². The molecule has 112 valence electrons. The first-order chi connectivity index (χ1) is 9.90. The normalized spacial score (nSPS) is 9.71. The molecule has 0 atom stereocenters. The van der Waals surface area contributed by atoms with E-state index in [1.807, 2.05) is 0 Å². The third kappa shape index (κ3) is 5.68. The highest BCUT2D eigenvalue weighted by Gasteiger charge is 2.15. The van der Waals surface area contributed by atoms with E-state index in [-0.39, 0.29) is 17.7 Å². The number of amides is 2. The van der Waals surface area contributed by atoms with Crippen molar-refractivity contribution in [1.82, 2.24) is 10.6 Å². The summed E-state index contributed by atoms with van der Waals surface area (Å²) in [4.78, 5) is 43.2. The third-order valence-electron chi connectivity index (χ3n) is 2.42. The van der Waals surface area contributed by atoms with Gasteiger partial charge in [0, 0.05) is 11.6 Å². The molecular formula is C12H13N3O6. The molecule has 21 heavy (non-hydrogen) atoms. The molecule has 0 saturated carbocycles. The van der Waals surface area contributed by atoms with E-state index in [0.29, 0.717) is 0 Å². The number of hydrogen-bond donors (Lipinski definition) is 3. The fraction of sp³-hybridized carbons (Fsp3) is 0.250. The van der Waals surface area contributed by atoms with E-state index in [9.17, 15) is 24.5 Å². The number of para-hydroxylation sites is 1. The van der Waals surface area contributed by atoms with E-state index < -0.39 is 35.8 Å². The quantitative estimate of drug-likeness (QED) is 0.456. The SMILES string of the molecule is O=C(O)CNC(=O)CNC(=O)Cc1ccccc1[N+](=O)[O-]. The number of nitrogens with one attached hydrogen (secondary N) is 2. The first-order valence-corrected chi connectivity index (χ1v) is 5.87. The number of nitrogens with zero attached hydrogens (tertiary/aromatic N) is 1. The van der Waals surface area contributed by atoms with Gasteiger partial charge in [0.1, 0.15) is 6.54 Å². The number of carbonyl (C=O) groups is 3. The summed E-state index contributed by atoms with van der Waals surface area (Å²) in [5, 5.41) is 23.4. The van der Waals surface area contributed by atoms with Gasteiger partial charge in [0.15, 0.2) is 0 Å². The Morgan fingerprint density at radius 1 is 1.10 bits per heavy atom. The fourth-order valence-electron chi connectivity index (χ4n) is 1.49. The van der Waals surface area contributed by atoms with Crippen LogP contribution in [0.4, 0.5) is 5.69 Å². The Bertz CT molecular complexity index is 572. The van der Waals surface area contributed by atoms with Crippen molar-refractivity contribution in [3.8, 4) is 0 Å². The number of benzene rings is 1. The van der Waals surface area contributed by atoms with Gasteiger partial charge in [-0.15, -0.1) is 0 Å². The number of rotatable bonds is 7. The molecule has 0 unspecified atom stereocenters. The molecule has 1 aromatic carbocycles. The van der Waals surface area contributed by atoms with Gasteiger partial charge in [-0.05, 0) is 0 Å². The molecule has 1 aromatic rings. The van der Waals surface area contributed by atoms with Crippen LogP contribution in [-0.2, 0) is 20.8 Å². The summed E-state index contributed by atoms with van der Waals surface area (Å²) in [5.41, 5.74) is 0.0499. The second kappa shape index (κ2) is 7.58. The molecule has 1 rings (SSSR count). The van der Waals surface area contributed by atoms with Crippen molar-refractivity contribution in [2.45, 2.75) is 6.42 Å². The maximum Gasteiger partial charge on any atom is 0.322 e. The van der Waals surface area contributed by atoms with Crippen LogP contribution >= 0.6 is 0 Å². The maximum absolute atomic E-state index is 11.6. The minimum Gasteiger partial charge on any atom is -0.480 e. The standard InChI is InChI=1S/C12H13N3O6/c16-10(13-6-11(17)14-7-12(18)19)5-8-3-1-2-4-9(8)15(20)21/h1-4H,5-7H2,(H,13,16)(H,14,17)(H,18,19). The van der Waals surface area contributed by atoms with Gasteiger partial charge in [-0.25, -0.2) is 0 Å². The van der Waals surface area contributed by atoms with Crippen molar-refractivity contribution in [2.24, 2.45) is 0 Å². The first-order valence-electron chi connectivity index (χ1n) is 5.87. The van der Waals surface area contributed by atoms with Gasteiger partial charge in [0.2, 0.25) is 11.8 Å². The van der Waals surface area contributed by atoms with Crippen molar-refractivity contribution < 1.29 is 24.4 Å². The lowest BCUT2D eigenvalue weighted by molar-refractivity contribution is -0.385. The van der Waals surface area contributed by atoms with Gasteiger partial charge < -0.3 is 15.7 Å². The zero-order valence-corrected chi connectivity index (χ0v) is 10.9. The molecule has 0 aliphatic carbocycles. The second-order valence-corrected chi connectivity index (χ2v) is 4.01. The lowest BCUT2D eigenvalue weighted by atomic mass is 10.1. The first kappa shape index (κ1) is 16.1. The zero-order chi connectivity index (χ0) is 15.8. The fourth-order valence-corrected chi connectivity index (χ4v) is 1.49. The molecule has 0 aliphatic heterocycles. The molecule has 0 spiro atoms. The molecule has 0 aliphatic rings. The number of hydrogen-bond acceptors (Lipinski definition) is 5. The van der Waals surface area contributed by atoms with Crippen LogP contribution in [0, 0.1) is 10.1 Å². The molecule has 0 heterocycles. The van der Waals surface area contributed by atoms with Crippen LogP contribution < -0.4 is 10.6 Å². The van der Waals surface area contributed by atoms with Crippen LogP contribution in [0.15, 0.2) is 24.3 Å². The van der Waals surface area contributed by atoms with E-state index in [2.05, 4.69) is 10.6 Å². The summed E-state index contributed by atoms with van der Waals surface area (Å²) in [5.74, 6) is -2.43. The van der Waals surface area contributed by atoms with E-state index in [4.69, 9.17) is 5.11 Å². The van der Waals surface area contributed by atoms with Gasteiger partial charge in [-0.2, -0.15) is 0 Å². The average molecular weight is 295 g/mol. The molecule has 9 nitrogen and oxygen atoms in total. The number of aliphatic carboxylic acids is 1. The highest BCUT2D eigenvalue weighted by atomic mass is 16.6. The average Bonchev–Trinajstić information content (AvgIpc) is 2.43. The van der Waals surface area contributed by atoms with E-state index >= 15 is 0 Å². The van der Waals surface area contributed by atoms with Crippen LogP contribution in [0.5, 0.6) is 0 Å². The van der Waals surface area contributed by atoms with Crippen LogP contribution in [0.3, 0.4) is 0 Å². The summed E-state index contributed by atoms with van der Waals surface area (Å²) >= 11 is 0. The van der Waals surface area contributed by atoms with Crippen molar-refractivity contribution in [2.75, 3.05) is 13.1 Å². The summed E-state index contributed by atoms with van der Waals surface area (Å²) in [6.07, 6.45) is -0.247. The van der Waals surface area contributed by atoms with Crippen molar-refractivity contribution in [3.05, 3.63) is 39.9 Å². The van der Waals surface area contributed by atoms with E-state index in [0.717, 1.165) is 0 Å². The number of nitro benzene ring substituents is 1. The minimum absolute atomic E-state index is 0.178. The zero-order valence-electron chi connectivity index (χ0n) is 10.9. The van der Waals surface area contributed by atoms with Gasteiger partial charge in [0.25, 0.3) is 5.69 Å². The molecule has 0 bridgehead atoms. The smallest absolute Gasteiger partial charge is 0.322 e. The van der Waals surface area contributed by atoms with Crippen LogP contribution in [0.1, 0.15) is 5.56 Å². The molecule has 0 aromatic heterocycles. The highest BCUT2D eigenvalue weighted by molar-refractivity contribution is 5.87. The monoisotopic (exact) mass is 295 g/mol. The molecule has 0 saturated heterocycles. The molecule has 3 N–H and O–H groups in total. The summed E-state index contributed by atoms with van der Waals surface area (Å²) in [6, 6.07) is 5.78. The summed E-state index contributed by atoms with van der Waals surface area (Å²) in [6.45, 7) is -0.939. The number of nitro groups is 1. The Morgan fingerprint density at radius 3 is 2.33 bits per heavy atom. The lowest BCUT2D eigenvalue weighted by Crippen LogP contribution is -2.39. The van der Waals surface area contributed by atoms with Crippen molar-refractivity contribution >= 4 is 23.5 Å².